The van der Waals surface area contributed by atoms with Crippen molar-refractivity contribution < 1.29 is 28.5 Å². The number of hydrogen-bond acceptors (Lipinski definition) is 7. The van der Waals surface area contributed by atoms with Gasteiger partial charge in [-0.15, -0.1) is 0 Å². The minimum atomic E-state index is -0.658. The molecule has 0 fully saturated rings. The van der Waals surface area contributed by atoms with E-state index in [1.807, 2.05) is 6.07 Å². The van der Waals surface area contributed by atoms with Gasteiger partial charge in [-0.1, -0.05) is 19.4 Å². The zero-order valence-corrected chi connectivity index (χ0v) is 17.9. The molecular formula is C22H29NO6. The number of benzene rings is 1. The lowest BCUT2D eigenvalue weighted by molar-refractivity contribution is -0.137. The standard InChI is InChI=1S/C22H29NO6/c1-7-8-11-29-16-10-9-15(12-17(16)26-4)20-18(21(24)27-5)13(2)23-14(3)19(20)22(25)28-6/h9-10,12,20,23H,7-8,11H2,1-6H3. The van der Waals surface area contributed by atoms with Crippen molar-refractivity contribution in [2.45, 2.75) is 39.5 Å². The van der Waals surface area contributed by atoms with Gasteiger partial charge in [0.15, 0.2) is 11.5 Å². The Balaban J connectivity index is 2.59. The Morgan fingerprint density at radius 1 is 0.966 bits per heavy atom. The average molecular weight is 403 g/mol. The molecule has 0 spiro atoms. The van der Waals surface area contributed by atoms with Crippen LogP contribution in [0.15, 0.2) is 40.7 Å². The van der Waals surface area contributed by atoms with Gasteiger partial charge in [-0.25, -0.2) is 9.59 Å². The quantitative estimate of drug-likeness (QED) is 0.526. The number of esters is 2. The highest BCUT2D eigenvalue weighted by atomic mass is 16.5. The maximum absolute atomic E-state index is 12.6. The Labute approximate surface area is 171 Å². The van der Waals surface area contributed by atoms with Crippen LogP contribution in [0, 0.1) is 0 Å². The molecule has 1 aliphatic rings. The van der Waals surface area contributed by atoms with Gasteiger partial charge in [0.05, 0.1) is 45.0 Å². The van der Waals surface area contributed by atoms with Crippen LogP contribution in [-0.2, 0) is 19.1 Å². The normalized spacial score (nSPS) is 14.4. The molecule has 1 aromatic carbocycles. The summed E-state index contributed by atoms with van der Waals surface area (Å²) < 4.78 is 21.3. The number of carbonyl (C=O) groups excluding carboxylic acids is 2. The SMILES string of the molecule is CCCCOc1ccc(C2C(C(=O)OC)=C(C)NC(C)=C2C(=O)OC)cc1OC. The number of carbonyl (C=O) groups is 2. The molecule has 1 aromatic rings. The minimum absolute atomic E-state index is 0.347. The highest BCUT2D eigenvalue weighted by molar-refractivity contribution is 5.99. The van der Waals surface area contributed by atoms with Crippen LogP contribution >= 0.6 is 0 Å². The van der Waals surface area contributed by atoms with E-state index in [4.69, 9.17) is 18.9 Å². The third-order valence-corrected chi connectivity index (χ3v) is 4.85. The summed E-state index contributed by atoms with van der Waals surface area (Å²) in [4.78, 5) is 25.1. The first-order valence-corrected chi connectivity index (χ1v) is 9.55. The summed E-state index contributed by atoms with van der Waals surface area (Å²) in [5, 5.41) is 3.09. The van der Waals surface area contributed by atoms with Gasteiger partial charge in [-0.2, -0.15) is 0 Å². The number of nitrogens with one attached hydrogen (secondary N) is 1. The minimum Gasteiger partial charge on any atom is -0.493 e. The number of unbranched alkanes of at least 4 members (excludes halogenated alkanes) is 1. The largest absolute Gasteiger partial charge is 0.493 e. The second-order valence-electron chi connectivity index (χ2n) is 6.73. The molecule has 1 aliphatic heterocycles. The number of rotatable bonds is 8. The topological polar surface area (TPSA) is 83.1 Å². The van der Waals surface area contributed by atoms with E-state index >= 15 is 0 Å². The summed E-state index contributed by atoms with van der Waals surface area (Å²) in [6.07, 6.45) is 1.95. The predicted octanol–water partition coefficient (Wildman–Crippen LogP) is 3.45. The molecule has 0 atom stereocenters. The third kappa shape index (κ3) is 4.72. The van der Waals surface area contributed by atoms with Crippen molar-refractivity contribution in [3.05, 3.63) is 46.3 Å². The monoisotopic (exact) mass is 403 g/mol. The Kier molecular flexibility index (Phi) is 7.70. The fourth-order valence-electron chi connectivity index (χ4n) is 3.40. The lowest BCUT2D eigenvalue weighted by Crippen LogP contribution is -2.32. The maximum atomic E-state index is 12.6. The lowest BCUT2D eigenvalue weighted by atomic mass is 9.80. The van der Waals surface area contributed by atoms with Crippen LogP contribution in [0.1, 0.15) is 45.1 Å². The fourth-order valence-corrected chi connectivity index (χ4v) is 3.40. The Morgan fingerprint density at radius 2 is 1.55 bits per heavy atom. The number of hydrogen-bond donors (Lipinski definition) is 1. The van der Waals surface area contributed by atoms with Crippen molar-refractivity contribution in [2.75, 3.05) is 27.9 Å². The molecule has 29 heavy (non-hydrogen) atoms. The van der Waals surface area contributed by atoms with Gasteiger partial charge in [-0.3, -0.25) is 0 Å². The number of dihydropyridines is 1. The van der Waals surface area contributed by atoms with E-state index in [1.54, 1.807) is 33.1 Å². The second-order valence-corrected chi connectivity index (χ2v) is 6.73. The van der Waals surface area contributed by atoms with Crippen molar-refractivity contribution in [3.63, 3.8) is 0 Å². The van der Waals surface area contributed by atoms with Gasteiger partial charge in [0.25, 0.3) is 0 Å². The van der Waals surface area contributed by atoms with E-state index in [-0.39, 0.29) is 0 Å². The third-order valence-electron chi connectivity index (χ3n) is 4.85. The molecule has 7 heteroatoms. The molecule has 0 aromatic heterocycles. The number of allylic oxidation sites excluding steroid dienone is 2. The van der Waals surface area contributed by atoms with E-state index in [0.29, 0.717) is 46.2 Å². The zero-order valence-electron chi connectivity index (χ0n) is 17.9. The molecule has 1 heterocycles. The van der Waals surface area contributed by atoms with Crippen LogP contribution in [0.3, 0.4) is 0 Å². The molecule has 2 rings (SSSR count). The van der Waals surface area contributed by atoms with Gasteiger partial charge in [0.2, 0.25) is 0 Å². The smallest absolute Gasteiger partial charge is 0.336 e. The second kappa shape index (κ2) is 10.0. The molecule has 0 aliphatic carbocycles. The molecule has 0 saturated carbocycles. The Hall–Kier alpha value is -2.96. The van der Waals surface area contributed by atoms with Crippen LogP contribution in [0.25, 0.3) is 0 Å². The molecule has 0 bridgehead atoms. The summed E-state index contributed by atoms with van der Waals surface area (Å²) in [5.74, 6) is -0.554. The van der Waals surface area contributed by atoms with E-state index in [0.717, 1.165) is 12.8 Å². The van der Waals surface area contributed by atoms with Crippen molar-refractivity contribution in [2.24, 2.45) is 0 Å². The summed E-state index contributed by atoms with van der Waals surface area (Å²) >= 11 is 0. The average Bonchev–Trinajstić information content (AvgIpc) is 2.72. The highest BCUT2D eigenvalue weighted by Crippen LogP contribution is 2.41. The Morgan fingerprint density at radius 3 is 2.03 bits per heavy atom. The van der Waals surface area contributed by atoms with Crippen LogP contribution in [0.5, 0.6) is 11.5 Å². The van der Waals surface area contributed by atoms with Gasteiger partial charge >= 0.3 is 11.9 Å². The first-order valence-electron chi connectivity index (χ1n) is 9.55. The molecule has 0 radical (unpaired) electrons. The van der Waals surface area contributed by atoms with Crippen LogP contribution < -0.4 is 14.8 Å². The fraction of sp³-hybridized carbons (Fsp3) is 0.455. The molecule has 158 valence electrons. The van der Waals surface area contributed by atoms with Crippen molar-refractivity contribution in [1.82, 2.24) is 5.32 Å². The zero-order chi connectivity index (χ0) is 21.6. The van der Waals surface area contributed by atoms with Gasteiger partial charge in [0, 0.05) is 11.4 Å². The van der Waals surface area contributed by atoms with E-state index in [2.05, 4.69) is 12.2 Å². The highest BCUT2D eigenvalue weighted by Gasteiger charge is 2.37. The van der Waals surface area contributed by atoms with Crippen molar-refractivity contribution in [3.8, 4) is 11.5 Å². The number of ether oxygens (including phenoxy) is 4. The number of methoxy groups -OCH3 is 3. The molecule has 7 nitrogen and oxygen atoms in total. The molecule has 0 amide bonds. The van der Waals surface area contributed by atoms with Crippen molar-refractivity contribution >= 4 is 11.9 Å². The van der Waals surface area contributed by atoms with Crippen LogP contribution in [-0.4, -0.2) is 39.9 Å². The Bertz CT molecular complexity index is 802. The summed E-state index contributed by atoms with van der Waals surface area (Å²) in [5.41, 5.74) is 2.63. The van der Waals surface area contributed by atoms with Gasteiger partial charge < -0.3 is 24.3 Å². The predicted molar refractivity (Wildman–Crippen MR) is 109 cm³/mol. The van der Waals surface area contributed by atoms with Crippen LogP contribution in [0.4, 0.5) is 0 Å². The van der Waals surface area contributed by atoms with Gasteiger partial charge in [0.1, 0.15) is 0 Å². The van der Waals surface area contributed by atoms with E-state index < -0.39 is 17.9 Å². The molecule has 0 saturated heterocycles. The molecular weight excluding hydrogens is 374 g/mol. The lowest BCUT2D eigenvalue weighted by Gasteiger charge is -2.30. The van der Waals surface area contributed by atoms with Crippen molar-refractivity contribution in [1.29, 1.82) is 0 Å². The van der Waals surface area contributed by atoms with Crippen LogP contribution in [0.2, 0.25) is 0 Å². The summed E-state index contributed by atoms with van der Waals surface area (Å²) in [6.45, 7) is 6.22. The summed E-state index contributed by atoms with van der Waals surface area (Å²) in [6, 6.07) is 5.40. The maximum Gasteiger partial charge on any atom is 0.336 e. The first kappa shape index (κ1) is 22.3. The van der Waals surface area contributed by atoms with Gasteiger partial charge in [-0.05, 0) is 38.0 Å². The first-order chi connectivity index (χ1) is 13.9. The van der Waals surface area contributed by atoms with E-state index in [9.17, 15) is 9.59 Å². The summed E-state index contributed by atoms with van der Waals surface area (Å²) in [7, 11) is 4.18. The molecule has 1 N–H and O–H groups in total. The van der Waals surface area contributed by atoms with E-state index in [1.165, 1.54) is 14.2 Å². The molecule has 0 unspecified atom stereocenters.